The van der Waals surface area contributed by atoms with Gasteiger partial charge in [-0.05, 0) is 19.3 Å². The highest BCUT2D eigenvalue weighted by atomic mass is 32.2. The third-order valence-corrected chi connectivity index (χ3v) is 5.85. The lowest BCUT2D eigenvalue weighted by atomic mass is 9.95. The minimum absolute atomic E-state index is 0.0893. The Morgan fingerprint density at radius 2 is 2.09 bits per heavy atom. The lowest BCUT2D eigenvalue weighted by molar-refractivity contribution is -0.120. The molecule has 2 fully saturated rings. The average molecular weight is 327 g/mol. The first kappa shape index (κ1) is 17.4. The number of hydrogen-bond acceptors (Lipinski definition) is 3. The summed E-state index contributed by atoms with van der Waals surface area (Å²) in [6.07, 6.45) is 7.22. The second-order valence-electron chi connectivity index (χ2n) is 6.15. The van der Waals surface area contributed by atoms with Crippen LogP contribution in [0.3, 0.4) is 0 Å². The van der Waals surface area contributed by atoms with Gasteiger partial charge in [0.15, 0.2) is 5.96 Å². The molecular weight excluding hydrogens is 296 g/mol. The van der Waals surface area contributed by atoms with Crippen molar-refractivity contribution in [3.05, 3.63) is 0 Å². The Balaban J connectivity index is 1.74. The van der Waals surface area contributed by atoms with Gasteiger partial charge >= 0.3 is 0 Å². The lowest BCUT2D eigenvalue weighted by Crippen LogP contribution is -2.50. The van der Waals surface area contributed by atoms with Crippen LogP contribution in [0, 0.1) is 0 Å². The van der Waals surface area contributed by atoms with Gasteiger partial charge in [-0.3, -0.25) is 9.79 Å². The molecule has 1 atom stereocenters. The maximum atomic E-state index is 12.1. The van der Waals surface area contributed by atoms with Crippen molar-refractivity contribution in [3.63, 3.8) is 0 Å². The quantitative estimate of drug-likeness (QED) is 0.611. The Hall–Kier alpha value is -0.910. The van der Waals surface area contributed by atoms with Crippen molar-refractivity contribution < 1.29 is 4.79 Å². The minimum Gasteiger partial charge on any atom is -0.352 e. The van der Waals surface area contributed by atoms with Crippen LogP contribution in [0.15, 0.2) is 4.99 Å². The Kier molecular flexibility index (Phi) is 7.36. The molecule has 2 rings (SSSR count). The zero-order valence-corrected chi connectivity index (χ0v) is 14.8. The van der Waals surface area contributed by atoms with E-state index in [9.17, 15) is 4.79 Å². The smallest absolute Gasteiger partial charge is 0.239 e. The molecular formula is C16H30N4OS. The van der Waals surface area contributed by atoms with Crippen LogP contribution in [-0.4, -0.2) is 60.5 Å². The number of amides is 1. The summed E-state index contributed by atoms with van der Waals surface area (Å²) in [6, 6.07) is 0.376. The summed E-state index contributed by atoms with van der Waals surface area (Å²) in [5.41, 5.74) is 0. The molecule has 1 aliphatic heterocycles. The van der Waals surface area contributed by atoms with Gasteiger partial charge in [0.05, 0.1) is 6.54 Å². The first-order valence-electron chi connectivity index (χ1n) is 8.59. The van der Waals surface area contributed by atoms with Crippen molar-refractivity contribution in [2.24, 2.45) is 4.99 Å². The minimum atomic E-state index is 0.0893. The first-order chi connectivity index (χ1) is 10.7. The summed E-state index contributed by atoms with van der Waals surface area (Å²) < 4.78 is 0. The van der Waals surface area contributed by atoms with Crippen LogP contribution < -0.4 is 10.6 Å². The monoisotopic (exact) mass is 326 g/mol. The molecule has 0 bridgehead atoms. The second-order valence-corrected chi connectivity index (χ2v) is 7.56. The normalized spacial score (nSPS) is 24.2. The number of hydrogen-bond donors (Lipinski definition) is 2. The van der Waals surface area contributed by atoms with Gasteiger partial charge in [-0.1, -0.05) is 26.2 Å². The van der Waals surface area contributed by atoms with E-state index in [1.165, 1.54) is 25.7 Å². The van der Waals surface area contributed by atoms with Crippen molar-refractivity contribution in [1.29, 1.82) is 0 Å². The first-order valence-corrected chi connectivity index (χ1v) is 9.64. The molecule has 6 heteroatoms. The number of thioether (sulfide) groups is 1. The zero-order chi connectivity index (χ0) is 15.8. The summed E-state index contributed by atoms with van der Waals surface area (Å²) >= 11 is 2.04. The Morgan fingerprint density at radius 3 is 2.77 bits per heavy atom. The molecule has 5 nitrogen and oxygen atoms in total. The van der Waals surface area contributed by atoms with Gasteiger partial charge in [-0.15, -0.1) is 0 Å². The molecule has 1 aliphatic carbocycles. The highest BCUT2D eigenvalue weighted by molar-refractivity contribution is 8.00. The molecule has 1 saturated carbocycles. The number of carbonyl (C=O) groups excluding carboxylic acids is 1. The average Bonchev–Trinajstić information content (AvgIpc) is 2.56. The molecule has 1 heterocycles. The standard InChI is InChI=1S/C16H30N4OS/c1-3-14-12-20(9-10-22-14)16(17-2)18-11-15(21)19-13-7-5-4-6-8-13/h13-14H,3-12H2,1-2H3,(H,17,18)(H,19,21). The number of rotatable bonds is 4. The third kappa shape index (κ3) is 5.38. The number of aliphatic imine (C=N–C) groups is 1. The van der Waals surface area contributed by atoms with Gasteiger partial charge in [0.25, 0.3) is 0 Å². The van der Waals surface area contributed by atoms with E-state index >= 15 is 0 Å². The second kappa shape index (κ2) is 9.28. The van der Waals surface area contributed by atoms with Crippen molar-refractivity contribution >= 4 is 23.6 Å². The highest BCUT2D eigenvalue weighted by Crippen LogP contribution is 2.21. The maximum absolute atomic E-state index is 12.1. The van der Waals surface area contributed by atoms with Gasteiger partial charge < -0.3 is 15.5 Å². The number of guanidine groups is 1. The topological polar surface area (TPSA) is 56.7 Å². The fourth-order valence-electron chi connectivity index (χ4n) is 3.18. The van der Waals surface area contributed by atoms with Crippen LogP contribution in [0.25, 0.3) is 0 Å². The van der Waals surface area contributed by atoms with E-state index in [4.69, 9.17) is 0 Å². The van der Waals surface area contributed by atoms with E-state index < -0.39 is 0 Å². The fourth-order valence-corrected chi connectivity index (χ4v) is 4.36. The van der Waals surface area contributed by atoms with E-state index in [1.807, 2.05) is 11.8 Å². The highest BCUT2D eigenvalue weighted by Gasteiger charge is 2.22. The molecule has 1 unspecified atom stereocenters. The van der Waals surface area contributed by atoms with Crippen molar-refractivity contribution in [3.8, 4) is 0 Å². The summed E-state index contributed by atoms with van der Waals surface area (Å²) in [4.78, 5) is 18.7. The Morgan fingerprint density at radius 1 is 1.32 bits per heavy atom. The number of carbonyl (C=O) groups is 1. The molecule has 0 radical (unpaired) electrons. The molecule has 1 amide bonds. The molecule has 0 aromatic carbocycles. The van der Waals surface area contributed by atoms with Crippen LogP contribution in [0.2, 0.25) is 0 Å². The van der Waals surface area contributed by atoms with E-state index in [0.717, 1.165) is 37.6 Å². The van der Waals surface area contributed by atoms with Gasteiger partial charge in [0.2, 0.25) is 5.91 Å². The zero-order valence-electron chi connectivity index (χ0n) is 13.9. The molecule has 126 valence electrons. The fraction of sp³-hybridized carbons (Fsp3) is 0.875. The van der Waals surface area contributed by atoms with Gasteiger partial charge in [-0.25, -0.2) is 0 Å². The third-order valence-electron chi connectivity index (χ3n) is 4.48. The van der Waals surface area contributed by atoms with Gasteiger partial charge in [0, 0.05) is 37.2 Å². The number of nitrogens with zero attached hydrogens (tertiary/aromatic N) is 2. The van der Waals surface area contributed by atoms with Crippen LogP contribution in [0.4, 0.5) is 0 Å². The van der Waals surface area contributed by atoms with Crippen molar-refractivity contribution in [2.45, 2.75) is 56.7 Å². The van der Waals surface area contributed by atoms with E-state index in [1.54, 1.807) is 7.05 Å². The molecule has 2 N–H and O–H groups in total. The van der Waals surface area contributed by atoms with Crippen LogP contribution in [-0.2, 0) is 4.79 Å². The van der Waals surface area contributed by atoms with Crippen molar-refractivity contribution in [2.75, 3.05) is 32.4 Å². The molecule has 22 heavy (non-hydrogen) atoms. The molecule has 2 aliphatic rings. The van der Waals surface area contributed by atoms with Gasteiger partial charge in [-0.2, -0.15) is 11.8 Å². The predicted molar refractivity (Wildman–Crippen MR) is 94.5 cm³/mol. The van der Waals surface area contributed by atoms with E-state index in [-0.39, 0.29) is 5.91 Å². The SMILES string of the molecule is CCC1CN(C(=NC)NCC(=O)NC2CCCCC2)CCS1. The molecule has 0 aromatic rings. The van der Waals surface area contributed by atoms with Crippen molar-refractivity contribution in [1.82, 2.24) is 15.5 Å². The van der Waals surface area contributed by atoms with Crippen LogP contribution in [0.5, 0.6) is 0 Å². The summed E-state index contributed by atoms with van der Waals surface area (Å²) in [5, 5.41) is 7.04. The lowest BCUT2D eigenvalue weighted by Gasteiger charge is -2.34. The van der Waals surface area contributed by atoms with Gasteiger partial charge in [0.1, 0.15) is 0 Å². The summed E-state index contributed by atoms with van der Waals surface area (Å²) in [5.74, 6) is 2.08. The summed E-state index contributed by atoms with van der Waals surface area (Å²) in [7, 11) is 1.80. The molecule has 0 aromatic heterocycles. The molecule has 1 saturated heterocycles. The molecule has 0 spiro atoms. The summed E-state index contributed by atoms with van der Waals surface area (Å²) in [6.45, 7) is 4.58. The maximum Gasteiger partial charge on any atom is 0.239 e. The van der Waals surface area contributed by atoms with Crippen LogP contribution >= 0.6 is 11.8 Å². The predicted octanol–water partition coefficient (Wildman–Crippen LogP) is 1.84. The van der Waals surface area contributed by atoms with E-state index in [0.29, 0.717) is 17.8 Å². The largest absolute Gasteiger partial charge is 0.352 e. The number of nitrogens with one attached hydrogen (secondary N) is 2. The Labute approximate surface area is 138 Å². The Bertz CT molecular complexity index is 382. The van der Waals surface area contributed by atoms with Crippen LogP contribution in [0.1, 0.15) is 45.4 Å². The van der Waals surface area contributed by atoms with E-state index in [2.05, 4.69) is 27.4 Å².